The van der Waals surface area contributed by atoms with Crippen molar-refractivity contribution in [3.8, 4) is 0 Å². The first kappa shape index (κ1) is 21.5. The molecule has 3 aromatic rings. The van der Waals surface area contributed by atoms with Crippen LogP contribution in [0.5, 0.6) is 0 Å². The third kappa shape index (κ3) is 3.62. The average Bonchev–Trinajstić information content (AvgIpc) is 2.66. The van der Waals surface area contributed by atoms with Crippen LogP contribution in [0.25, 0.3) is 0 Å². The van der Waals surface area contributed by atoms with Crippen LogP contribution in [-0.4, -0.2) is 12.1 Å². The lowest BCUT2D eigenvalue weighted by molar-refractivity contribution is -0.197. The minimum Gasteiger partial charge on any atom is -0.369 e. The third-order valence-electron chi connectivity index (χ3n) is 4.76. The second-order valence-corrected chi connectivity index (χ2v) is 6.29. The molecule has 0 aliphatic carbocycles. The van der Waals surface area contributed by atoms with E-state index in [-0.39, 0.29) is 18.0 Å². The molecule has 2 N–H and O–H groups in total. The largest absolute Gasteiger partial charge is 0.408 e. The number of amides is 1. The molecule has 0 aliphatic rings. The van der Waals surface area contributed by atoms with Gasteiger partial charge in [-0.15, -0.1) is 12.4 Å². The van der Waals surface area contributed by atoms with Gasteiger partial charge < -0.3 is 5.73 Å². The Balaban J connectivity index is 0.00000280. The third-order valence-corrected chi connectivity index (χ3v) is 4.76. The van der Waals surface area contributed by atoms with Gasteiger partial charge in [-0.25, -0.2) is 0 Å². The van der Waals surface area contributed by atoms with E-state index in [0.29, 0.717) is 11.1 Å². The number of hydrogen-bond donors (Lipinski definition) is 1. The highest BCUT2D eigenvalue weighted by atomic mass is 35.5. The quantitative estimate of drug-likeness (QED) is 0.620. The number of benzene rings is 3. The van der Waals surface area contributed by atoms with Crippen LogP contribution in [-0.2, 0) is 10.2 Å². The zero-order valence-electron chi connectivity index (χ0n) is 14.8. The Labute approximate surface area is 167 Å². The van der Waals surface area contributed by atoms with Crippen molar-refractivity contribution in [3.05, 3.63) is 108 Å². The van der Waals surface area contributed by atoms with Gasteiger partial charge in [0.2, 0.25) is 5.91 Å². The molecule has 0 aromatic heterocycles. The highest BCUT2D eigenvalue weighted by molar-refractivity contribution is 5.90. The predicted molar refractivity (Wildman–Crippen MR) is 105 cm³/mol. The fraction of sp³-hybridized carbons (Fsp3) is 0.136. The second-order valence-electron chi connectivity index (χ2n) is 6.29. The maximum absolute atomic E-state index is 14.6. The summed E-state index contributed by atoms with van der Waals surface area (Å²) in [7, 11) is 0. The van der Waals surface area contributed by atoms with E-state index in [4.69, 9.17) is 5.73 Å². The predicted octanol–water partition coefficient (Wildman–Crippen LogP) is 5.23. The summed E-state index contributed by atoms with van der Waals surface area (Å²) in [4.78, 5) is 12.6. The number of alkyl halides is 3. The Morgan fingerprint density at radius 3 is 1.39 bits per heavy atom. The summed E-state index contributed by atoms with van der Waals surface area (Å²) in [6.07, 6.45) is -4.91. The fourth-order valence-corrected chi connectivity index (χ4v) is 3.60. The fourth-order valence-electron chi connectivity index (χ4n) is 3.60. The van der Waals surface area contributed by atoms with Gasteiger partial charge in [-0.05, 0) is 16.7 Å². The number of carbonyl (C=O) groups excluding carboxylic acids is 1. The molecule has 146 valence electrons. The molecule has 1 atom stereocenters. The van der Waals surface area contributed by atoms with Crippen LogP contribution in [0.15, 0.2) is 91.0 Å². The van der Waals surface area contributed by atoms with E-state index in [1.54, 1.807) is 66.7 Å². The standard InChI is InChI=1S/C22H18F3NO.ClH/c23-22(24,25)21(20(26)27,18-14-8-3-9-15-18)19(16-10-4-1-5-11-16)17-12-6-2-7-13-17;/h1-15,19H,(H2,26,27);1H. The van der Waals surface area contributed by atoms with E-state index in [2.05, 4.69) is 0 Å². The minimum atomic E-state index is -4.91. The molecule has 0 saturated carbocycles. The monoisotopic (exact) mass is 405 g/mol. The number of rotatable bonds is 5. The number of primary amides is 1. The molecule has 0 fully saturated rings. The van der Waals surface area contributed by atoms with Gasteiger partial charge in [0.25, 0.3) is 0 Å². The molecule has 0 spiro atoms. The lowest BCUT2D eigenvalue weighted by atomic mass is 9.63. The summed E-state index contributed by atoms with van der Waals surface area (Å²) in [5.74, 6) is -2.75. The SMILES string of the molecule is Cl.NC(=O)C(c1ccccc1)(C(c1ccccc1)c1ccccc1)C(F)(F)F. The van der Waals surface area contributed by atoms with Gasteiger partial charge in [0.05, 0.1) is 0 Å². The molecular weight excluding hydrogens is 387 g/mol. The maximum atomic E-state index is 14.6. The normalized spacial score (nSPS) is 13.4. The average molecular weight is 406 g/mol. The molecule has 0 radical (unpaired) electrons. The Morgan fingerprint density at radius 2 is 1.07 bits per heavy atom. The van der Waals surface area contributed by atoms with Crippen molar-refractivity contribution in [2.75, 3.05) is 0 Å². The topological polar surface area (TPSA) is 43.1 Å². The first-order valence-corrected chi connectivity index (χ1v) is 8.41. The Morgan fingerprint density at radius 1 is 0.714 bits per heavy atom. The van der Waals surface area contributed by atoms with Crippen molar-refractivity contribution >= 4 is 18.3 Å². The maximum Gasteiger partial charge on any atom is 0.408 e. The summed E-state index contributed by atoms with van der Waals surface area (Å²) in [6, 6.07) is 23.6. The summed E-state index contributed by atoms with van der Waals surface area (Å²) in [5, 5.41) is 0. The molecule has 0 heterocycles. The Bertz CT molecular complexity index is 862. The Hall–Kier alpha value is -2.79. The molecule has 1 unspecified atom stereocenters. The number of hydrogen-bond acceptors (Lipinski definition) is 1. The molecule has 0 bridgehead atoms. The molecule has 28 heavy (non-hydrogen) atoms. The summed E-state index contributed by atoms with van der Waals surface area (Å²) in [6.45, 7) is 0. The summed E-state index contributed by atoms with van der Waals surface area (Å²) < 4.78 is 43.9. The first-order chi connectivity index (χ1) is 12.9. The van der Waals surface area contributed by atoms with Gasteiger partial charge in [0.1, 0.15) is 0 Å². The lowest BCUT2D eigenvalue weighted by Gasteiger charge is -2.40. The molecule has 2 nitrogen and oxygen atoms in total. The second kappa shape index (κ2) is 8.48. The van der Waals surface area contributed by atoms with Gasteiger partial charge in [-0.3, -0.25) is 4.79 Å². The van der Waals surface area contributed by atoms with Crippen LogP contribution in [0.1, 0.15) is 22.6 Å². The van der Waals surface area contributed by atoms with E-state index in [0.717, 1.165) is 0 Å². The van der Waals surface area contributed by atoms with E-state index < -0.39 is 23.4 Å². The van der Waals surface area contributed by atoms with E-state index >= 15 is 0 Å². The van der Waals surface area contributed by atoms with E-state index in [9.17, 15) is 18.0 Å². The van der Waals surface area contributed by atoms with Crippen molar-refractivity contribution < 1.29 is 18.0 Å². The van der Waals surface area contributed by atoms with Crippen molar-refractivity contribution in [2.24, 2.45) is 5.73 Å². The molecule has 3 rings (SSSR count). The highest BCUT2D eigenvalue weighted by Crippen LogP contribution is 2.53. The van der Waals surface area contributed by atoms with Gasteiger partial charge in [0, 0.05) is 5.92 Å². The molecule has 3 aromatic carbocycles. The Kier molecular flexibility index (Phi) is 6.52. The van der Waals surface area contributed by atoms with Crippen molar-refractivity contribution in [2.45, 2.75) is 17.5 Å². The van der Waals surface area contributed by atoms with Crippen LogP contribution >= 0.6 is 12.4 Å². The van der Waals surface area contributed by atoms with Crippen LogP contribution in [0.4, 0.5) is 13.2 Å². The van der Waals surface area contributed by atoms with Crippen LogP contribution < -0.4 is 5.73 Å². The van der Waals surface area contributed by atoms with E-state index in [1.165, 1.54) is 24.3 Å². The summed E-state index contributed by atoms with van der Waals surface area (Å²) in [5.41, 5.74) is 3.15. The van der Waals surface area contributed by atoms with E-state index in [1.807, 2.05) is 0 Å². The highest BCUT2D eigenvalue weighted by Gasteiger charge is 2.65. The molecule has 0 saturated heterocycles. The number of nitrogens with two attached hydrogens (primary N) is 1. The smallest absolute Gasteiger partial charge is 0.369 e. The van der Waals surface area contributed by atoms with Gasteiger partial charge in [0.15, 0.2) is 5.41 Å². The molecular formula is C22H19ClF3NO. The zero-order valence-corrected chi connectivity index (χ0v) is 15.6. The van der Waals surface area contributed by atoms with Crippen LogP contribution in [0, 0.1) is 0 Å². The van der Waals surface area contributed by atoms with Gasteiger partial charge >= 0.3 is 6.18 Å². The number of halogens is 4. The molecule has 0 aliphatic heterocycles. The first-order valence-electron chi connectivity index (χ1n) is 8.41. The minimum absolute atomic E-state index is 0. The van der Waals surface area contributed by atoms with Crippen molar-refractivity contribution in [3.63, 3.8) is 0 Å². The molecule has 1 amide bonds. The summed E-state index contributed by atoms with van der Waals surface area (Å²) >= 11 is 0. The number of carbonyl (C=O) groups is 1. The zero-order chi connectivity index (χ0) is 19.5. The van der Waals surface area contributed by atoms with Crippen molar-refractivity contribution in [1.82, 2.24) is 0 Å². The lowest BCUT2D eigenvalue weighted by Crippen LogP contribution is -2.56. The van der Waals surface area contributed by atoms with Crippen molar-refractivity contribution in [1.29, 1.82) is 0 Å². The van der Waals surface area contributed by atoms with Gasteiger partial charge in [-0.2, -0.15) is 13.2 Å². The molecule has 6 heteroatoms. The van der Waals surface area contributed by atoms with Crippen LogP contribution in [0.2, 0.25) is 0 Å². The van der Waals surface area contributed by atoms with Crippen LogP contribution in [0.3, 0.4) is 0 Å². The van der Waals surface area contributed by atoms with Gasteiger partial charge in [-0.1, -0.05) is 91.0 Å².